The van der Waals surface area contributed by atoms with E-state index in [1.165, 1.54) is 16.7 Å². The second kappa shape index (κ2) is 7.35. The summed E-state index contributed by atoms with van der Waals surface area (Å²) in [5.74, 6) is 0. The van der Waals surface area contributed by atoms with Crippen molar-refractivity contribution in [1.82, 2.24) is 9.88 Å². The molecule has 4 rings (SSSR count). The van der Waals surface area contributed by atoms with Crippen LogP contribution in [0.3, 0.4) is 0 Å². The smallest absolute Gasteiger partial charge is 0.0696 e. The summed E-state index contributed by atoms with van der Waals surface area (Å²) in [4.78, 5) is 7.00. The Morgan fingerprint density at radius 3 is 2.28 bits per heavy atom. The van der Waals surface area contributed by atoms with Gasteiger partial charge in [0.1, 0.15) is 0 Å². The van der Waals surface area contributed by atoms with E-state index < -0.39 is 0 Å². The lowest BCUT2D eigenvalue weighted by Gasteiger charge is -2.35. The topological polar surface area (TPSA) is 16.1 Å². The molecule has 0 spiro atoms. The molecule has 2 nitrogen and oxygen atoms in total. The zero-order valence-electron chi connectivity index (χ0n) is 14.3. The van der Waals surface area contributed by atoms with Crippen molar-refractivity contribution in [2.75, 3.05) is 0 Å². The van der Waals surface area contributed by atoms with Gasteiger partial charge < -0.3 is 4.90 Å². The molecule has 0 N–H and O–H groups in total. The highest BCUT2D eigenvalue weighted by atomic mass is 15.1. The maximum atomic E-state index is 4.55. The Labute approximate surface area is 149 Å². The van der Waals surface area contributed by atoms with Gasteiger partial charge in [0.05, 0.1) is 11.7 Å². The zero-order chi connectivity index (χ0) is 16.9. The van der Waals surface area contributed by atoms with E-state index in [-0.39, 0.29) is 0 Å². The van der Waals surface area contributed by atoms with Crippen molar-refractivity contribution in [2.24, 2.45) is 0 Å². The first-order valence-electron chi connectivity index (χ1n) is 8.87. The highest BCUT2D eigenvalue weighted by molar-refractivity contribution is 5.53. The van der Waals surface area contributed by atoms with Crippen LogP contribution in [0.2, 0.25) is 0 Å². The Hall–Kier alpha value is -2.87. The molecule has 1 aromatic heterocycles. The standard InChI is InChI=1S/C23H22N2/c1-3-8-19(9-4-1)13-14-23-21-12-7-16-24-22(21)15-17-25(23)18-20-10-5-2-6-11-20/h1-12,15-17,23H,13-14,18H2. The Morgan fingerprint density at radius 2 is 1.52 bits per heavy atom. The predicted octanol–water partition coefficient (Wildman–Crippen LogP) is 5.24. The van der Waals surface area contributed by atoms with E-state index in [1.807, 2.05) is 12.3 Å². The van der Waals surface area contributed by atoms with Gasteiger partial charge in [0.25, 0.3) is 0 Å². The number of hydrogen-bond donors (Lipinski definition) is 0. The fourth-order valence-electron chi connectivity index (χ4n) is 3.53. The van der Waals surface area contributed by atoms with Crippen molar-refractivity contribution in [2.45, 2.75) is 25.4 Å². The number of aryl methyl sites for hydroxylation is 1. The molecule has 0 bridgehead atoms. The third-order valence-electron chi connectivity index (χ3n) is 4.81. The summed E-state index contributed by atoms with van der Waals surface area (Å²) in [7, 11) is 0. The quantitative estimate of drug-likeness (QED) is 0.637. The van der Waals surface area contributed by atoms with Gasteiger partial charge in [0.2, 0.25) is 0 Å². The molecule has 25 heavy (non-hydrogen) atoms. The minimum Gasteiger partial charge on any atom is -0.366 e. The number of hydrogen-bond acceptors (Lipinski definition) is 2. The molecule has 0 amide bonds. The van der Waals surface area contributed by atoms with Crippen LogP contribution >= 0.6 is 0 Å². The molecule has 0 fully saturated rings. The average Bonchev–Trinajstić information content (AvgIpc) is 2.68. The fourth-order valence-corrected chi connectivity index (χ4v) is 3.53. The molecule has 2 heteroatoms. The highest BCUT2D eigenvalue weighted by Crippen LogP contribution is 2.33. The molecule has 124 valence electrons. The summed E-state index contributed by atoms with van der Waals surface area (Å²) < 4.78 is 0. The fraction of sp³-hybridized carbons (Fsp3) is 0.174. The van der Waals surface area contributed by atoms with Crippen LogP contribution in [0.25, 0.3) is 6.08 Å². The molecule has 0 saturated heterocycles. The third-order valence-corrected chi connectivity index (χ3v) is 4.81. The number of fused-ring (bicyclic) bond motifs is 1. The molecular formula is C23H22N2. The van der Waals surface area contributed by atoms with Gasteiger partial charge in [0.15, 0.2) is 0 Å². The van der Waals surface area contributed by atoms with Gasteiger partial charge in [-0.15, -0.1) is 0 Å². The second-order valence-corrected chi connectivity index (χ2v) is 6.49. The lowest BCUT2D eigenvalue weighted by molar-refractivity contribution is 0.255. The van der Waals surface area contributed by atoms with E-state index >= 15 is 0 Å². The largest absolute Gasteiger partial charge is 0.366 e. The van der Waals surface area contributed by atoms with Crippen LogP contribution in [0, 0.1) is 0 Å². The number of benzene rings is 2. The van der Waals surface area contributed by atoms with Gasteiger partial charge in [-0.1, -0.05) is 66.7 Å². The molecule has 0 aliphatic carbocycles. The van der Waals surface area contributed by atoms with Crippen LogP contribution in [-0.2, 0) is 13.0 Å². The Balaban J connectivity index is 1.58. The van der Waals surface area contributed by atoms with Crippen molar-refractivity contribution >= 4 is 6.08 Å². The van der Waals surface area contributed by atoms with E-state index in [2.05, 4.69) is 88.9 Å². The number of aromatic nitrogens is 1. The first-order chi connectivity index (χ1) is 12.4. The summed E-state index contributed by atoms with van der Waals surface area (Å²) >= 11 is 0. The van der Waals surface area contributed by atoms with Crippen LogP contribution in [0.5, 0.6) is 0 Å². The van der Waals surface area contributed by atoms with Gasteiger partial charge in [-0.2, -0.15) is 0 Å². The van der Waals surface area contributed by atoms with E-state index in [1.54, 1.807) is 0 Å². The number of pyridine rings is 1. The molecule has 3 aromatic rings. The van der Waals surface area contributed by atoms with Gasteiger partial charge >= 0.3 is 0 Å². The first kappa shape index (κ1) is 15.6. The van der Waals surface area contributed by atoms with Gasteiger partial charge in [-0.25, -0.2) is 0 Å². The third kappa shape index (κ3) is 3.63. The molecule has 1 atom stereocenters. The van der Waals surface area contributed by atoms with Crippen molar-refractivity contribution in [3.05, 3.63) is 108 Å². The summed E-state index contributed by atoms with van der Waals surface area (Å²) in [5, 5.41) is 0. The second-order valence-electron chi connectivity index (χ2n) is 6.49. The summed E-state index contributed by atoms with van der Waals surface area (Å²) in [6, 6.07) is 26.0. The number of rotatable bonds is 5. The van der Waals surface area contributed by atoms with Gasteiger partial charge in [0, 0.05) is 24.5 Å². The van der Waals surface area contributed by atoms with E-state index in [9.17, 15) is 0 Å². The van der Waals surface area contributed by atoms with Crippen molar-refractivity contribution in [3.63, 3.8) is 0 Å². The zero-order valence-corrected chi connectivity index (χ0v) is 14.3. The Bertz CT molecular complexity index is 840. The van der Waals surface area contributed by atoms with E-state index in [4.69, 9.17) is 0 Å². The minimum atomic E-state index is 0.356. The summed E-state index contributed by atoms with van der Waals surface area (Å²) in [5.41, 5.74) is 5.16. The molecule has 2 aromatic carbocycles. The van der Waals surface area contributed by atoms with E-state index in [0.29, 0.717) is 6.04 Å². The Morgan fingerprint density at radius 1 is 0.800 bits per heavy atom. The SMILES string of the molecule is C1=CN(Cc2ccccc2)C(CCc2ccccc2)c2cccnc21. The van der Waals surface area contributed by atoms with Crippen LogP contribution in [0.1, 0.15) is 34.8 Å². The maximum Gasteiger partial charge on any atom is 0.0696 e. The molecule has 0 radical (unpaired) electrons. The van der Waals surface area contributed by atoms with Crippen LogP contribution in [0.15, 0.2) is 85.2 Å². The Kier molecular flexibility index (Phi) is 4.60. The van der Waals surface area contributed by atoms with Gasteiger partial charge in [-0.3, -0.25) is 4.98 Å². The highest BCUT2D eigenvalue weighted by Gasteiger charge is 2.23. The molecule has 1 aliphatic heterocycles. The molecule has 1 aliphatic rings. The first-order valence-corrected chi connectivity index (χ1v) is 8.87. The van der Waals surface area contributed by atoms with Crippen LogP contribution in [0.4, 0.5) is 0 Å². The minimum absolute atomic E-state index is 0.356. The average molecular weight is 326 g/mol. The van der Waals surface area contributed by atoms with Crippen molar-refractivity contribution in [3.8, 4) is 0 Å². The monoisotopic (exact) mass is 326 g/mol. The van der Waals surface area contributed by atoms with Gasteiger partial charge in [-0.05, 0) is 36.1 Å². The molecular weight excluding hydrogens is 304 g/mol. The van der Waals surface area contributed by atoms with Crippen LogP contribution in [-0.4, -0.2) is 9.88 Å². The van der Waals surface area contributed by atoms with Crippen molar-refractivity contribution in [1.29, 1.82) is 0 Å². The normalized spacial score (nSPS) is 15.8. The lowest BCUT2D eigenvalue weighted by atomic mass is 9.94. The molecule has 1 unspecified atom stereocenters. The summed E-state index contributed by atoms with van der Waals surface area (Å²) in [6.07, 6.45) is 8.37. The maximum absolute atomic E-state index is 4.55. The lowest BCUT2D eigenvalue weighted by Crippen LogP contribution is -2.27. The number of nitrogens with zero attached hydrogens (tertiary/aromatic N) is 2. The summed E-state index contributed by atoms with van der Waals surface area (Å²) in [6.45, 7) is 0.922. The molecule has 0 saturated carbocycles. The predicted molar refractivity (Wildman–Crippen MR) is 103 cm³/mol. The van der Waals surface area contributed by atoms with E-state index in [0.717, 1.165) is 25.1 Å². The van der Waals surface area contributed by atoms with Crippen molar-refractivity contribution < 1.29 is 0 Å². The molecule has 2 heterocycles. The van der Waals surface area contributed by atoms with Crippen LogP contribution < -0.4 is 0 Å².